The summed E-state index contributed by atoms with van der Waals surface area (Å²) in [6.07, 6.45) is 3.96. The average molecular weight is 236 g/mol. The molecule has 0 radical (unpaired) electrons. The van der Waals surface area contributed by atoms with E-state index in [2.05, 4.69) is 0 Å². The van der Waals surface area contributed by atoms with E-state index >= 15 is 0 Å². The Hall–Kier alpha value is -1.35. The van der Waals surface area contributed by atoms with E-state index in [-0.39, 0.29) is 12.6 Å². The Kier molecular flexibility index (Phi) is 6.33. The van der Waals surface area contributed by atoms with Gasteiger partial charge in [-0.05, 0) is 43.9 Å². The van der Waals surface area contributed by atoms with Gasteiger partial charge in [0.15, 0.2) is 0 Å². The van der Waals surface area contributed by atoms with Crippen molar-refractivity contribution in [3.63, 3.8) is 0 Å². The first-order valence-corrected chi connectivity index (χ1v) is 6.15. The van der Waals surface area contributed by atoms with E-state index in [0.29, 0.717) is 12.2 Å². The van der Waals surface area contributed by atoms with Crippen molar-refractivity contribution in [2.45, 2.75) is 32.6 Å². The molecule has 0 spiro atoms. The molecular formula is C14H20O3. The molecule has 1 aromatic rings. The van der Waals surface area contributed by atoms with E-state index < -0.39 is 0 Å². The second kappa shape index (κ2) is 7.85. The summed E-state index contributed by atoms with van der Waals surface area (Å²) in [5.74, 6) is -0.265. The zero-order valence-corrected chi connectivity index (χ0v) is 10.3. The van der Waals surface area contributed by atoms with Gasteiger partial charge in [-0.15, -0.1) is 0 Å². The van der Waals surface area contributed by atoms with Crippen LogP contribution in [0.25, 0.3) is 0 Å². The highest BCUT2D eigenvalue weighted by Gasteiger charge is 2.05. The summed E-state index contributed by atoms with van der Waals surface area (Å²) in [7, 11) is 0. The van der Waals surface area contributed by atoms with E-state index in [1.54, 1.807) is 19.1 Å². The van der Waals surface area contributed by atoms with Crippen LogP contribution in [0.1, 0.15) is 42.1 Å². The number of carbonyl (C=O) groups excluding carboxylic acids is 1. The van der Waals surface area contributed by atoms with Crippen molar-refractivity contribution in [1.82, 2.24) is 0 Å². The van der Waals surface area contributed by atoms with Crippen LogP contribution in [0, 0.1) is 0 Å². The summed E-state index contributed by atoms with van der Waals surface area (Å²) in [4.78, 5) is 11.4. The van der Waals surface area contributed by atoms with Gasteiger partial charge >= 0.3 is 5.97 Å². The van der Waals surface area contributed by atoms with Crippen molar-refractivity contribution in [3.05, 3.63) is 35.4 Å². The molecule has 0 heterocycles. The topological polar surface area (TPSA) is 46.5 Å². The van der Waals surface area contributed by atoms with Crippen LogP contribution in [-0.2, 0) is 11.2 Å². The Morgan fingerprint density at radius 2 is 1.88 bits per heavy atom. The summed E-state index contributed by atoms with van der Waals surface area (Å²) in [5, 5.41) is 8.66. The van der Waals surface area contributed by atoms with Gasteiger partial charge in [-0.2, -0.15) is 0 Å². The Bertz CT molecular complexity index is 330. The van der Waals surface area contributed by atoms with E-state index in [1.807, 2.05) is 12.1 Å². The Labute approximate surface area is 102 Å². The zero-order chi connectivity index (χ0) is 12.5. The minimum Gasteiger partial charge on any atom is -0.462 e. The van der Waals surface area contributed by atoms with Crippen LogP contribution in [-0.4, -0.2) is 24.3 Å². The van der Waals surface area contributed by atoms with Crippen LogP contribution < -0.4 is 0 Å². The maximum Gasteiger partial charge on any atom is 0.338 e. The van der Waals surface area contributed by atoms with Crippen LogP contribution in [0.15, 0.2) is 24.3 Å². The number of hydrogen-bond donors (Lipinski definition) is 1. The van der Waals surface area contributed by atoms with E-state index in [0.717, 1.165) is 25.7 Å². The van der Waals surface area contributed by atoms with Crippen molar-refractivity contribution in [1.29, 1.82) is 0 Å². The lowest BCUT2D eigenvalue weighted by atomic mass is 10.1. The maximum absolute atomic E-state index is 11.4. The van der Waals surface area contributed by atoms with E-state index in [9.17, 15) is 4.79 Å². The lowest BCUT2D eigenvalue weighted by molar-refractivity contribution is 0.0526. The standard InChI is InChI=1S/C14H20O3/c1-2-17-14(16)13-9-7-12(8-10-13)6-4-3-5-11-15/h7-10,15H,2-6,11H2,1H3. The van der Waals surface area contributed by atoms with Gasteiger partial charge in [0.05, 0.1) is 12.2 Å². The third-order valence-corrected chi connectivity index (χ3v) is 2.59. The maximum atomic E-state index is 11.4. The first-order valence-electron chi connectivity index (χ1n) is 6.15. The minimum absolute atomic E-state index is 0.265. The van der Waals surface area contributed by atoms with Crippen molar-refractivity contribution in [2.24, 2.45) is 0 Å². The summed E-state index contributed by atoms with van der Waals surface area (Å²) in [5.41, 5.74) is 1.82. The molecule has 17 heavy (non-hydrogen) atoms. The molecule has 0 aliphatic carbocycles. The number of aliphatic hydroxyl groups is 1. The van der Waals surface area contributed by atoms with E-state index in [4.69, 9.17) is 9.84 Å². The molecule has 1 N–H and O–H groups in total. The number of ether oxygens (including phenoxy) is 1. The first-order chi connectivity index (χ1) is 8.27. The third kappa shape index (κ3) is 5.00. The van der Waals surface area contributed by atoms with Crippen LogP contribution in [0.2, 0.25) is 0 Å². The SMILES string of the molecule is CCOC(=O)c1ccc(CCCCCO)cc1. The molecule has 3 heteroatoms. The normalized spacial score (nSPS) is 10.2. The smallest absolute Gasteiger partial charge is 0.338 e. The highest BCUT2D eigenvalue weighted by atomic mass is 16.5. The summed E-state index contributed by atoms with van der Waals surface area (Å²) in [6.45, 7) is 2.47. The van der Waals surface area contributed by atoms with Crippen molar-refractivity contribution < 1.29 is 14.6 Å². The molecule has 0 aliphatic heterocycles. The van der Waals surface area contributed by atoms with Gasteiger partial charge in [0.1, 0.15) is 0 Å². The molecule has 0 saturated carbocycles. The second-order valence-corrected chi connectivity index (χ2v) is 3.95. The quantitative estimate of drug-likeness (QED) is 0.584. The number of aliphatic hydroxyl groups excluding tert-OH is 1. The largest absolute Gasteiger partial charge is 0.462 e. The molecule has 0 saturated heterocycles. The molecule has 1 rings (SSSR count). The molecule has 0 bridgehead atoms. The lowest BCUT2D eigenvalue weighted by Gasteiger charge is -2.04. The number of hydrogen-bond acceptors (Lipinski definition) is 3. The fourth-order valence-corrected chi connectivity index (χ4v) is 1.64. The highest BCUT2D eigenvalue weighted by molar-refractivity contribution is 5.89. The predicted octanol–water partition coefficient (Wildman–Crippen LogP) is 2.57. The fourth-order valence-electron chi connectivity index (χ4n) is 1.64. The van der Waals surface area contributed by atoms with Gasteiger partial charge < -0.3 is 9.84 Å². The second-order valence-electron chi connectivity index (χ2n) is 3.95. The number of rotatable bonds is 7. The van der Waals surface area contributed by atoms with Crippen LogP contribution >= 0.6 is 0 Å². The zero-order valence-electron chi connectivity index (χ0n) is 10.3. The molecule has 3 nitrogen and oxygen atoms in total. The number of aryl methyl sites for hydroxylation is 1. The predicted molar refractivity (Wildman–Crippen MR) is 67.0 cm³/mol. The molecule has 0 fully saturated rings. The molecule has 1 aromatic carbocycles. The van der Waals surface area contributed by atoms with Crippen LogP contribution in [0.5, 0.6) is 0 Å². The Balaban J connectivity index is 2.42. The van der Waals surface area contributed by atoms with Gasteiger partial charge in [-0.25, -0.2) is 4.79 Å². The number of unbranched alkanes of at least 4 members (excludes halogenated alkanes) is 2. The molecule has 0 amide bonds. The molecule has 0 unspecified atom stereocenters. The van der Waals surface area contributed by atoms with Crippen molar-refractivity contribution in [2.75, 3.05) is 13.2 Å². The van der Waals surface area contributed by atoms with Crippen molar-refractivity contribution >= 4 is 5.97 Å². The van der Waals surface area contributed by atoms with Crippen LogP contribution in [0.3, 0.4) is 0 Å². The van der Waals surface area contributed by atoms with Crippen molar-refractivity contribution in [3.8, 4) is 0 Å². The Morgan fingerprint density at radius 3 is 2.47 bits per heavy atom. The molecular weight excluding hydrogens is 216 g/mol. The van der Waals surface area contributed by atoms with Crippen LogP contribution in [0.4, 0.5) is 0 Å². The number of esters is 1. The first kappa shape index (κ1) is 13.7. The lowest BCUT2D eigenvalue weighted by Crippen LogP contribution is -2.04. The molecule has 94 valence electrons. The van der Waals surface area contributed by atoms with Gasteiger partial charge in [-0.1, -0.05) is 18.6 Å². The van der Waals surface area contributed by atoms with Gasteiger partial charge in [0.25, 0.3) is 0 Å². The highest BCUT2D eigenvalue weighted by Crippen LogP contribution is 2.09. The van der Waals surface area contributed by atoms with Gasteiger partial charge in [0.2, 0.25) is 0 Å². The summed E-state index contributed by atoms with van der Waals surface area (Å²) in [6, 6.07) is 7.54. The van der Waals surface area contributed by atoms with Gasteiger partial charge in [0, 0.05) is 6.61 Å². The molecule has 0 aliphatic rings. The minimum atomic E-state index is -0.265. The molecule has 0 atom stereocenters. The Morgan fingerprint density at radius 1 is 1.18 bits per heavy atom. The summed E-state index contributed by atoms with van der Waals surface area (Å²) < 4.78 is 4.91. The summed E-state index contributed by atoms with van der Waals surface area (Å²) >= 11 is 0. The monoisotopic (exact) mass is 236 g/mol. The number of benzene rings is 1. The van der Waals surface area contributed by atoms with Gasteiger partial charge in [-0.3, -0.25) is 0 Å². The number of carbonyl (C=O) groups is 1. The third-order valence-electron chi connectivity index (χ3n) is 2.59. The average Bonchev–Trinajstić information content (AvgIpc) is 2.36. The fraction of sp³-hybridized carbons (Fsp3) is 0.500. The molecule has 0 aromatic heterocycles. The van der Waals surface area contributed by atoms with E-state index in [1.165, 1.54) is 5.56 Å².